The summed E-state index contributed by atoms with van der Waals surface area (Å²) in [6, 6.07) is 1.64. The van der Waals surface area contributed by atoms with Crippen LogP contribution in [0.4, 0.5) is 5.82 Å². The summed E-state index contributed by atoms with van der Waals surface area (Å²) in [4.78, 5) is 20.1. The topological polar surface area (TPSA) is 71.8 Å². The first-order valence-corrected chi connectivity index (χ1v) is 7.15. The van der Waals surface area contributed by atoms with E-state index in [1.807, 2.05) is 10.8 Å². The third-order valence-corrected chi connectivity index (χ3v) is 3.35. The second-order valence-electron chi connectivity index (χ2n) is 4.56. The molecule has 0 saturated carbocycles. The summed E-state index contributed by atoms with van der Waals surface area (Å²) in [5, 5.41) is 6.10. The van der Waals surface area contributed by atoms with Crippen LogP contribution in [-0.4, -0.2) is 34.0 Å². The number of amides is 1. The average molecular weight is 308 g/mol. The Kier molecular flexibility index (Phi) is 5.57. The van der Waals surface area contributed by atoms with Crippen molar-refractivity contribution in [2.24, 2.45) is 0 Å². The molecule has 0 aliphatic heterocycles. The van der Waals surface area contributed by atoms with Crippen molar-refractivity contribution in [2.45, 2.75) is 19.4 Å². The standard InChI is InChI=1S/C14H18ClN5O/c1-16-13-8-11(12(15)9-19-13)14(21)18-4-2-3-6-20-7-5-17-10-20/h5,7-10H,2-4,6H2,1H3,(H,16,19)(H,18,21). The van der Waals surface area contributed by atoms with Crippen LogP contribution in [0.5, 0.6) is 0 Å². The number of hydrogen-bond donors (Lipinski definition) is 2. The Morgan fingerprint density at radius 2 is 2.29 bits per heavy atom. The van der Waals surface area contributed by atoms with Crippen molar-refractivity contribution in [3.05, 3.63) is 41.6 Å². The second-order valence-corrected chi connectivity index (χ2v) is 4.97. The van der Waals surface area contributed by atoms with Gasteiger partial charge in [-0.05, 0) is 18.9 Å². The number of aromatic nitrogens is 3. The van der Waals surface area contributed by atoms with E-state index in [1.54, 1.807) is 25.6 Å². The maximum atomic E-state index is 12.1. The molecule has 0 fully saturated rings. The van der Waals surface area contributed by atoms with Crippen LogP contribution in [0.1, 0.15) is 23.2 Å². The number of pyridine rings is 1. The minimum absolute atomic E-state index is 0.179. The van der Waals surface area contributed by atoms with Gasteiger partial charge in [0.15, 0.2) is 0 Å². The number of carbonyl (C=O) groups excluding carboxylic acids is 1. The second kappa shape index (κ2) is 7.64. The summed E-state index contributed by atoms with van der Waals surface area (Å²) < 4.78 is 2.01. The zero-order valence-corrected chi connectivity index (χ0v) is 12.6. The first-order valence-electron chi connectivity index (χ1n) is 6.78. The highest BCUT2D eigenvalue weighted by molar-refractivity contribution is 6.33. The van der Waals surface area contributed by atoms with Gasteiger partial charge in [0.25, 0.3) is 5.91 Å². The molecule has 21 heavy (non-hydrogen) atoms. The van der Waals surface area contributed by atoms with Crippen molar-refractivity contribution in [3.8, 4) is 0 Å². The number of unbranched alkanes of at least 4 members (excludes halogenated alkanes) is 1. The van der Waals surface area contributed by atoms with Crippen molar-refractivity contribution < 1.29 is 4.79 Å². The molecule has 0 bridgehead atoms. The molecular formula is C14H18ClN5O. The normalized spacial score (nSPS) is 10.4. The Balaban J connectivity index is 1.76. The number of aryl methyl sites for hydroxylation is 1. The van der Waals surface area contributed by atoms with Crippen molar-refractivity contribution in [3.63, 3.8) is 0 Å². The van der Waals surface area contributed by atoms with Gasteiger partial charge in [-0.25, -0.2) is 9.97 Å². The predicted molar refractivity (Wildman–Crippen MR) is 82.6 cm³/mol. The number of carbonyl (C=O) groups is 1. The van der Waals surface area contributed by atoms with E-state index >= 15 is 0 Å². The molecule has 2 aromatic rings. The Hall–Kier alpha value is -2.08. The molecule has 0 unspecified atom stereocenters. The van der Waals surface area contributed by atoms with E-state index < -0.39 is 0 Å². The van der Waals surface area contributed by atoms with Crippen LogP contribution in [0.2, 0.25) is 5.02 Å². The van der Waals surface area contributed by atoms with Crippen LogP contribution in [-0.2, 0) is 6.54 Å². The van der Waals surface area contributed by atoms with E-state index in [0.717, 1.165) is 19.4 Å². The summed E-state index contributed by atoms with van der Waals surface area (Å²) in [7, 11) is 1.74. The van der Waals surface area contributed by atoms with Crippen LogP contribution in [0, 0.1) is 0 Å². The molecule has 0 spiro atoms. The van der Waals surface area contributed by atoms with Crippen molar-refractivity contribution in [1.29, 1.82) is 0 Å². The number of hydrogen-bond acceptors (Lipinski definition) is 4. The molecule has 2 aromatic heterocycles. The van der Waals surface area contributed by atoms with Crippen LogP contribution in [0.3, 0.4) is 0 Å². The van der Waals surface area contributed by atoms with E-state index in [0.29, 0.717) is 22.9 Å². The first kappa shape index (κ1) is 15.3. The van der Waals surface area contributed by atoms with Crippen molar-refractivity contribution >= 4 is 23.3 Å². The molecule has 6 nitrogen and oxygen atoms in total. The summed E-state index contributed by atoms with van der Waals surface area (Å²) in [6.07, 6.45) is 8.81. The lowest BCUT2D eigenvalue weighted by molar-refractivity contribution is 0.0953. The molecule has 2 N–H and O–H groups in total. The molecule has 0 aromatic carbocycles. The molecule has 0 atom stereocenters. The summed E-state index contributed by atoms with van der Waals surface area (Å²) in [5.74, 6) is 0.436. The lowest BCUT2D eigenvalue weighted by Crippen LogP contribution is -2.25. The number of imidazole rings is 1. The van der Waals surface area contributed by atoms with E-state index in [-0.39, 0.29) is 5.91 Å². The molecule has 7 heteroatoms. The summed E-state index contributed by atoms with van der Waals surface area (Å²) in [5.41, 5.74) is 0.436. The van der Waals surface area contributed by atoms with Gasteiger partial charge in [-0.1, -0.05) is 11.6 Å². The van der Waals surface area contributed by atoms with Gasteiger partial charge < -0.3 is 15.2 Å². The van der Waals surface area contributed by atoms with Gasteiger partial charge in [0.05, 0.1) is 16.9 Å². The smallest absolute Gasteiger partial charge is 0.252 e. The van der Waals surface area contributed by atoms with Crippen molar-refractivity contribution in [1.82, 2.24) is 19.9 Å². The third kappa shape index (κ3) is 4.46. The maximum absolute atomic E-state index is 12.1. The van der Waals surface area contributed by atoms with Crippen LogP contribution >= 0.6 is 11.6 Å². The minimum atomic E-state index is -0.179. The Bertz CT molecular complexity index is 585. The maximum Gasteiger partial charge on any atom is 0.252 e. The van der Waals surface area contributed by atoms with Crippen molar-refractivity contribution in [2.75, 3.05) is 18.9 Å². The summed E-state index contributed by atoms with van der Waals surface area (Å²) >= 11 is 5.99. The number of halogens is 1. The fourth-order valence-corrected chi connectivity index (χ4v) is 2.07. The lowest BCUT2D eigenvalue weighted by atomic mass is 10.2. The molecule has 0 aliphatic rings. The highest BCUT2D eigenvalue weighted by atomic mass is 35.5. The molecule has 112 valence electrons. The number of anilines is 1. The zero-order chi connectivity index (χ0) is 15.1. The van der Waals surface area contributed by atoms with Gasteiger partial charge in [0.1, 0.15) is 5.82 Å². The molecule has 0 aliphatic carbocycles. The molecular weight excluding hydrogens is 290 g/mol. The molecule has 0 radical (unpaired) electrons. The van der Waals surface area contributed by atoms with Gasteiger partial charge in [-0.3, -0.25) is 4.79 Å². The SMILES string of the molecule is CNc1cc(C(=O)NCCCCn2ccnc2)c(Cl)cn1. The van der Waals surface area contributed by atoms with E-state index in [4.69, 9.17) is 11.6 Å². The minimum Gasteiger partial charge on any atom is -0.373 e. The summed E-state index contributed by atoms with van der Waals surface area (Å²) in [6.45, 7) is 1.51. The van der Waals surface area contributed by atoms with Gasteiger partial charge in [0, 0.05) is 38.7 Å². The van der Waals surface area contributed by atoms with Crippen LogP contribution in [0.25, 0.3) is 0 Å². The van der Waals surface area contributed by atoms with Gasteiger partial charge in [-0.2, -0.15) is 0 Å². The number of nitrogens with zero attached hydrogens (tertiary/aromatic N) is 3. The Morgan fingerprint density at radius 3 is 3.00 bits per heavy atom. The third-order valence-electron chi connectivity index (χ3n) is 3.04. The Labute approximate surface area is 128 Å². The molecule has 1 amide bonds. The lowest BCUT2D eigenvalue weighted by Gasteiger charge is -2.08. The largest absolute Gasteiger partial charge is 0.373 e. The van der Waals surface area contributed by atoms with E-state index in [9.17, 15) is 4.79 Å². The van der Waals surface area contributed by atoms with Crippen LogP contribution in [0.15, 0.2) is 31.0 Å². The molecule has 2 rings (SSSR count). The Morgan fingerprint density at radius 1 is 1.43 bits per heavy atom. The first-order chi connectivity index (χ1) is 10.2. The monoisotopic (exact) mass is 307 g/mol. The molecule has 2 heterocycles. The van der Waals surface area contributed by atoms with Crippen LogP contribution < -0.4 is 10.6 Å². The van der Waals surface area contributed by atoms with Gasteiger partial charge >= 0.3 is 0 Å². The molecule has 0 saturated heterocycles. The fourth-order valence-electron chi connectivity index (χ4n) is 1.88. The van der Waals surface area contributed by atoms with Gasteiger partial charge in [0.2, 0.25) is 0 Å². The predicted octanol–water partition coefficient (Wildman–Crippen LogP) is 2.18. The number of nitrogens with one attached hydrogen (secondary N) is 2. The van der Waals surface area contributed by atoms with E-state index in [2.05, 4.69) is 20.6 Å². The quantitative estimate of drug-likeness (QED) is 0.769. The highest BCUT2D eigenvalue weighted by Gasteiger charge is 2.11. The zero-order valence-electron chi connectivity index (χ0n) is 11.8. The average Bonchev–Trinajstić information content (AvgIpc) is 3.00. The highest BCUT2D eigenvalue weighted by Crippen LogP contribution is 2.17. The number of rotatable bonds is 7. The van der Waals surface area contributed by atoms with E-state index in [1.165, 1.54) is 6.20 Å². The van der Waals surface area contributed by atoms with Gasteiger partial charge in [-0.15, -0.1) is 0 Å². The fraction of sp³-hybridized carbons (Fsp3) is 0.357.